The van der Waals surface area contributed by atoms with Crippen LogP contribution in [-0.2, 0) is 10.3 Å². The summed E-state index contributed by atoms with van der Waals surface area (Å²) >= 11 is 0. The molecule has 0 aliphatic heterocycles. The van der Waals surface area contributed by atoms with Crippen LogP contribution in [0.25, 0.3) is 0 Å². The monoisotopic (exact) mass is 213 g/mol. The summed E-state index contributed by atoms with van der Waals surface area (Å²) in [7, 11) is 0. The molecule has 0 aromatic heterocycles. The van der Waals surface area contributed by atoms with Crippen LogP contribution in [0.1, 0.15) is 19.4 Å². The van der Waals surface area contributed by atoms with Crippen molar-refractivity contribution in [3.63, 3.8) is 0 Å². The van der Waals surface area contributed by atoms with Crippen molar-refractivity contribution in [3.05, 3.63) is 35.9 Å². The van der Waals surface area contributed by atoms with Crippen LogP contribution in [0.2, 0.25) is 0 Å². The Morgan fingerprint density at radius 1 is 1.47 bits per heavy atom. The van der Waals surface area contributed by atoms with E-state index in [1.807, 2.05) is 6.07 Å². The summed E-state index contributed by atoms with van der Waals surface area (Å²) in [5.41, 5.74) is 4.90. The summed E-state index contributed by atoms with van der Waals surface area (Å²) in [5, 5.41) is 8.77. The van der Waals surface area contributed by atoms with Crippen molar-refractivity contribution in [2.75, 3.05) is 6.67 Å². The molecule has 0 aliphatic rings. The minimum atomic E-state index is -1.29. The lowest BCUT2D eigenvalue weighted by atomic mass is 9.94. The first-order chi connectivity index (χ1) is 6.96. The highest BCUT2D eigenvalue weighted by atomic mass is 19.1. The third-order valence-electron chi connectivity index (χ3n) is 1.82. The van der Waals surface area contributed by atoms with Crippen LogP contribution in [0.3, 0.4) is 0 Å². The number of carboxylic acid groups (broad SMARTS) is 1. The molecule has 0 spiro atoms. The van der Waals surface area contributed by atoms with Crippen molar-refractivity contribution >= 4 is 5.97 Å². The zero-order valence-corrected chi connectivity index (χ0v) is 8.90. The molecule has 4 heteroatoms. The van der Waals surface area contributed by atoms with E-state index in [9.17, 15) is 9.18 Å². The van der Waals surface area contributed by atoms with Gasteiger partial charge in [0, 0.05) is 0 Å². The number of benzene rings is 1. The van der Waals surface area contributed by atoms with Crippen molar-refractivity contribution in [3.8, 4) is 0 Å². The second kappa shape index (κ2) is 6.14. The molecule has 0 amide bonds. The van der Waals surface area contributed by atoms with Crippen LogP contribution >= 0.6 is 0 Å². The summed E-state index contributed by atoms with van der Waals surface area (Å²) in [6.45, 7) is 2.69. The molecule has 84 valence electrons. The lowest BCUT2D eigenvalue weighted by Crippen LogP contribution is -2.41. The molecule has 1 aromatic carbocycles. The highest BCUT2D eigenvalue weighted by Crippen LogP contribution is 2.16. The number of nitrogens with two attached hydrogens (primary N) is 1. The fourth-order valence-corrected chi connectivity index (χ4v) is 0.908. The van der Waals surface area contributed by atoms with Crippen molar-refractivity contribution in [2.45, 2.75) is 19.4 Å². The summed E-state index contributed by atoms with van der Waals surface area (Å²) < 4.78 is 10.3. The van der Waals surface area contributed by atoms with Crippen molar-refractivity contribution in [1.29, 1.82) is 0 Å². The van der Waals surface area contributed by atoms with Gasteiger partial charge in [-0.25, -0.2) is 4.79 Å². The topological polar surface area (TPSA) is 63.3 Å². The van der Waals surface area contributed by atoms with Crippen molar-refractivity contribution in [1.82, 2.24) is 0 Å². The summed E-state index contributed by atoms with van der Waals surface area (Å²) in [6.07, 6.45) is 0. The number of rotatable bonds is 2. The summed E-state index contributed by atoms with van der Waals surface area (Å²) in [4.78, 5) is 10.7. The van der Waals surface area contributed by atoms with E-state index < -0.39 is 11.5 Å². The normalized spacial score (nSPS) is 13.3. The van der Waals surface area contributed by atoms with Gasteiger partial charge in [0.05, 0.1) is 6.67 Å². The van der Waals surface area contributed by atoms with Gasteiger partial charge in [0.15, 0.2) is 0 Å². The molecule has 0 saturated carbocycles. The fraction of sp³-hybridized carbons (Fsp3) is 0.364. The first-order valence-corrected chi connectivity index (χ1v) is 4.60. The van der Waals surface area contributed by atoms with Crippen molar-refractivity contribution in [2.24, 2.45) is 5.73 Å². The molecular formula is C11H16FNO2. The first-order valence-electron chi connectivity index (χ1n) is 4.60. The smallest absolute Gasteiger partial charge is 0.328 e. The molecule has 1 unspecified atom stereocenters. The zero-order chi connectivity index (χ0) is 11.9. The number of alkyl halides is 1. The van der Waals surface area contributed by atoms with Gasteiger partial charge >= 0.3 is 5.97 Å². The van der Waals surface area contributed by atoms with Crippen LogP contribution < -0.4 is 5.73 Å². The second-order valence-electron chi connectivity index (χ2n) is 3.14. The van der Waals surface area contributed by atoms with Gasteiger partial charge in [0.2, 0.25) is 0 Å². The average molecular weight is 213 g/mol. The quantitative estimate of drug-likeness (QED) is 0.788. The van der Waals surface area contributed by atoms with Gasteiger partial charge in [-0.2, -0.15) is 0 Å². The molecule has 0 aliphatic carbocycles. The number of aliphatic carboxylic acids is 1. The van der Waals surface area contributed by atoms with Gasteiger partial charge in [-0.05, 0) is 19.4 Å². The number of carboxylic acids is 1. The van der Waals surface area contributed by atoms with E-state index in [4.69, 9.17) is 10.8 Å². The van der Waals surface area contributed by atoms with E-state index in [1.165, 1.54) is 13.8 Å². The van der Waals surface area contributed by atoms with Crippen LogP contribution in [0.4, 0.5) is 4.39 Å². The zero-order valence-electron chi connectivity index (χ0n) is 8.90. The van der Waals surface area contributed by atoms with Gasteiger partial charge in [0.1, 0.15) is 5.54 Å². The van der Waals surface area contributed by atoms with E-state index in [2.05, 4.69) is 0 Å². The third kappa shape index (κ3) is 4.08. The Morgan fingerprint density at radius 2 is 1.87 bits per heavy atom. The molecule has 0 heterocycles. The van der Waals surface area contributed by atoms with E-state index in [-0.39, 0.29) is 6.67 Å². The molecule has 3 N–H and O–H groups in total. The highest BCUT2D eigenvalue weighted by molar-refractivity contribution is 5.79. The van der Waals surface area contributed by atoms with Crippen molar-refractivity contribution < 1.29 is 14.3 Å². The van der Waals surface area contributed by atoms with Gasteiger partial charge in [-0.1, -0.05) is 30.3 Å². The average Bonchev–Trinajstić information content (AvgIpc) is 2.20. The third-order valence-corrected chi connectivity index (χ3v) is 1.82. The largest absolute Gasteiger partial charge is 0.480 e. The number of hydrogen-bond acceptors (Lipinski definition) is 2. The van der Waals surface area contributed by atoms with Gasteiger partial charge in [-0.15, -0.1) is 0 Å². The summed E-state index contributed by atoms with van der Waals surface area (Å²) in [5.74, 6) is -1.02. The molecule has 0 fully saturated rings. The maximum absolute atomic E-state index is 10.7. The van der Waals surface area contributed by atoms with E-state index >= 15 is 0 Å². The SMILES string of the molecule is CC(N)(C(=O)O)c1ccccc1.CCF. The molecule has 1 aromatic rings. The number of halogens is 1. The first kappa shape index (κ1) is 13.6. The Hall–Kier alpha value is -1.42. The van der Waals surface area contributed by atoms with Crippen LogP contribution in [0.5, 0.6) is 0 Å². The lowest BCUT2D eigenvalue weighted by molar-refractivity contribution is -0.143. The predicted octanol–water partition coefficient (Wildman–Crippen LogP) is 1.92. The Morgan fingerprint density at radius 3 is 2.20 bits per heavy atom. The van der Waals surface area contributed by atoms with E-state index in [0.717, 1.165) is 0 Å². The fourth-order valence-electron chi connectivity index (χ4n) is 0.908. The minimum absolute atomic E-state index is 0.250. The Labute approximate surface area is 88.7 Å². The summed E-state index contributed by atoms with van der Waals surface area (Å²) in [6, 6.07) is 8.76. The van der Waals surface area contributed by atoms with Gasteiger partial charge < -0.3 is 10.8 Å². The highest BCUT2D eigenvalue weighted by Gasteiger charge is 2.29. The molecular weight excluding hydrogens is 197 g/mol. The Bertz CT molecular complexity index is 299. The van der Waals surface area contributed by atoms with Crippen LogP contribution in [0, 0.1) is 0 Å². The molecule has 3 nitrogen and oxygen atoms in total. The number of hydrogen-bond donors (Lipinski definition) is 2. The van der Waals surface area contributed by atoms with E-state index in [1.54, 1.807) is 24.3 Å². The maximum Gasteiger partial charge on any atom is 0.328 e. The molecule has 1 rings (SSSR count). The van der Waals surface area contributed by atoms with Gasteiger partial charge in [0.25, 0.3) is 0 Å². The van der Waals surface area contributed by atoms with Crippen LogP contribution in [-0.4, -0.2) is 17.8 Å². The number of carbonyl (C=O) groups is 1. The maximum atomic E-state index is 10.7. The Kier molecular flexibility index (Phi) is 5.56. The molecule has 0 radical (unpaired) electrons. The Balaban J connectivity index is 0.000000583. The molecule has 0 bridgehead atoms. The van der Waals surface area contributed by atoms with E-state index in [0.29, 0.717) is 5.56 Å². The second-order valence-corrected chi connectivity index (χ2v) is 3.14. The predicted molar refractivity (Wildman–Crippen MR) is 57.3 cm³/mol. The molecule has 15 heavy (non-hydrogen) atoms. The molecule has 0 saturated heterocycles. The standard InChI is InChI=1S/C9H11NO2.C2H5F/c1-9(10,8(11)12)7-5-3-2-4-6-7;1-2-3/h2-6H,10H2,1H3,(H,11,12);2H2,1H3. The van der Waals surface area contributed by atoms with Gasteiger partial charge in [-0.3, -0.25) is 4.39 Å². The minimum Gasteiger partial charge on any atom is -0.480 e. The van der Waals surface area contributed by atoms with Crippen LogP contribution in [0.15, 0.2) is 30.3 Å². The molecule has 1 atom stereocenters. The lowest BCUT2D eigenvalue weighted by Gasteiger charge is -2.18.